The van der Waals surface area contributed by atoms with Crippen molar-refractivity contribution in [2.45, 2.75) is 26.7 Å². The van der Waals surface area contributed by atoms with E-state index >= 15 is 0 Å². The average molecular weight is 274 g/mol. The predicted octanol–water partition coefficient (Wildman–Crippen LogP) is 3.10. The van der Waals surface area contributed by atoms with Crippen LogP contribution >= 0.6 is 0 Å². The Bertz CT molecular complexity index is 926. The van der Waals surface area contributed by atoms with E-state index in [1.54, 1.807) is 0 Å². The molecule has 0 fully saturated rings. The van der Waals surface area contributed by atoms with Crippen molar-refractivity contribution in [1.29, 1.82) is 0 Å². The number of allylic oxidation sites excluding steroid dienone is 2. The molecule has 0 atom stereocenters. The molecule has 1 heteroatoms. The minimum atomic E-state index is 0.122. The molecule has 0 bridgehead atoms. The van der Waals surface area contributed by atoms with Gasteiger partial charge in [-0.05, 0) is 51.1 Å². The Morgan fingerprint density at radius 3 is 2.71 bits per heavy atom. The summed E-state index contributed by atoms with van der Waals surface area (Å²) in [6.07, 6.45) is 6.09. The highest BCUT2D eigenvalue weighted by Gasteiger charge is 2.28. The molecule has 0 unspecified atom stereocenters. The third-order valence-corrected chi connectivity index (χ3v) is 4.72. The van der Waals surface area contributed by atoms with Gasteiger partial charge in [-0.3, -0.25) is 4.79 Å². The van der Waals surface area contributed by atoms with Crippen LogP contribution in [0.15, 0.2) is 48.0 Å². The monoisotopic (exact) mass is 274 g/mol. The fourth-order valence-electron chi connectivity index (χ4n) is 3.55. The molecule has 0 radical (unpaired) electrons. The Labute approximate surface area is 124 Å². The van der Waals surface area contributed by atoms with Gasteiger partial charge in [0.15, 0.2) is 5.78 Å². The molecule has 0 spiro atoms. The quantitative estimate of drug-likeness (QED) is 0.721. The summed E-state index contributed by atoms with van der Waals surface area (Å²) >= 11 is 0. The first kappa shape index (κ1) is 12.6. The van der Waals surface area contributed by atoms with Crippen LogP contribution in [0.25, 0.3) is 22.4 Å². The lowest BCUT2D eigenvalue weighted by molar-refractivity contribution is -0.109. The number of fused-ring (bicyclic) bond motifs is 4. The fraction of sp³-hybridized carbons (Fsp3) is 0.250. The van der Waals surface area contributed by atoms with Crippen molar-refractivity contribution < 1.29 is 4.79 Å². The maximum Gasteiger partial charge on any atom is 0.186 e. The second-order valence-electron chi connectivity index (χ2n) is 6.78. The molecule has 0 N–H and O–H groups in total. The largest absolute Gasteiger partial charge is 0.289 e. The van der Waals surface area contributed by atoms with Crippen molar-refractivity contribution in [3.8, 4) is 0 Å². The maximum absolute atomic E-state index is 12.6. The van der Waals surface area contributed by atoms with Crippen molar-refractivity contribution in [3.63, 3.8) is 0 Å². The topological polar surface area (TPSA) is 17.1 Å². The molecular weight excluding hydrogens is 256 g/mol. The van der Waals surface area contributed by atoms with E-state index in [1.807, 2.05) is 18.2 Å². The van der Waals surface area contributed by atoms with Crippen LogP contribution in [0.3, 0.4) is 0 Å². The van der Waals surface area contributed by atoms with Gasteiger partial charge in [-0.2, -0.15) is 0 Å². The van der Waals surface area contributed by atoms with Gasteiger partial charge in [0, 0.05) is 5.57 Å². The van der Waals surface area contributed by atoms with Crippen LogP contribution in [0.5, 0.6) is 0 Å². The number of Topliss-reactive ketones (excluding diaryl/α,β-unsaturated/α-hetero) is 1. The lowest BCUT2D eigenvalue weighted by atomic mass is 9.74. The summed E-state index contributed by atoms with van der Waals surface area (Å²) in [5.74, 6) is 0.168. The summed E-state index contributed by atoms with van der Waals surface area (Å²) in [6, 6.07) is 12.7. The summed E-state index contributed by atoms with van der Waals surface area (Å²) in [7, 11) is 0. The number of rotatable bonds is 0. The molecule has 104 valence electrons. The van der Waals surface area contributed by atoms with Crippen LogP contribution in [0.1, 0.15) is 26.7 Å². The van der Waals surface area contributed by atoms with Crippen LogP contribution in [-0.2, 0) is 4.79 Å². The Morgan fingerprint density at radius 1 is 1.05 bits per heavy atom. The Balaban J connectivity index is 2.16. The van der Waals surface area contributed by atoms with Crippen LogP contribution in [0, 0.1) is 5.41 Å². The molecule has 1 nitrogen and oxygen atoms in total. The van der Waals surface area contributed by atoms with Crippen molar-refractivity contribution >= 4 is 28.2 Å². The molecular formula is C20H18O. The zero-order valence-electron chi connectivity index (χ0n) is 12.4. The van der Waals surface area contributed by atoms with Crippen LogP contribution in [0.2, 0.25) is 0 Å². The van der Waals surface area contributed by atoms with Crippen molar-refractivity contribution in [2.75, 3.05) is 0 Å². The third kappa shape index (κ3) is 1.88. The highest BCUT2D eigenvalue weighted by Crippen LogP contribution is 2.37. The van der Waals surface area contributed by atoms with Gasteiger partial charge in [-0.1, -0.05) is 56.3 Å². The SMILES string of the molecule is CC1(C)C=C2C(=O)C=c3c(ccc4ccccc34)=C2CC1. The molecule has 2 aromatic carbocycles. The van der Waals surface area contributed by atoms with Crippen molar-refractivity contribution in [1.82, 2.24) is 0 Å². The van der Waals surface area contributed by atoms with E-state index in [2.05, 4.69) is 44.2 Å². The molecule has 4 rings (SSSR count). The first-order chi connectivity index (χ1) is 10.1. The zero-order valence-corrected chi connectivity index (χ0v) is 12.4. The van der Waals surface area contributed by atoms with E-state index in [9.17, 15) is 4.79 Å². The second-order valence-corrected chi connectivity index (χ2v) is 6.78. The minimum absolute atomic E-state index is 0.122. The number of hydrogen-bond donors (Lipinski definition) is 0. The predicted molar refractivity (Wildman–Crippen MR) is 87.2 cm³/mol. The molecule has 0 amide bonds. The van der Waals surface area contributed by atoms with E-state index in [1.165, 1.54) is 21.6 Å². The third-order valence-electron chi connectivity index (χ3n) is 4.72. The van der Waals surface area contributed by atoms with Gasteiger partial charge >= 0.3 is 0 Å². The summed E-state index contributed by atoms with van der Waals surface area (Å²) in [5.41, 5.74) is 2.29. The van der Waals surface area contributed by atoms with Crippen molar-refractivity contribution in [2.24, 2.45) is 5.41 Å². The van der Waals surface area contributed by atoms with E-state index in [0.29, 0.717) is 0 Å². The van der Waals surface area contributed by atoms with Crippen LogP contribution < -0.4 is 10.4 Å². The van der Waals surface area contributed by atoms with Gasteiger partial charge < -0.3 is 0 Å². The number of carbonyl (C=O) groups is 1. The molecule has 0 saturated carbocycles. The first-order valence-electron chi connectivity index (χ1n) is 7.55. The average Bonchev–Trinajstić information content (AvgIpc) is 2.47. The molecule has 21 heavy (non-hydrogen) atoms. The molecule has 2 aromatic rings. The highest BCUT2D eigenvalue weighted by molar-refractivity contribution is 6.25. The van der Waals surface area contributed by atoms with Gasteiger partial charge in [-0.15, -0.1) is 0 Å². The van der Waals surface area contributed by atoms with Crippen LogP contribution in [0.4, 0.5) is 0 Å². The lowest BCUT2D eigenvalue weighted by Gasteiger charge is -2.30. The zero-order chi connectivity index (χ0) is 14.6. The smallest absolute Gasteiger partial charge is 0.186 e. The van der Waals surface area contributed by atoms with Gasteiger partial charge in [0.1, 0.15) is 0 Å². The van der Waals surface area contributed by atoms with E-state index in [-0.39, 0.29) is 11.2 Å². The normalized spacial score (nSPS) is 19.6. The van der Waals surface area contributed by atoms with E-state index in [0.717, 1.165) is 23.6 Å². The Kier molecular flexibility index (Phi) is 2.50. The molecule has 2 aliphatic carbocycles. The molecule has 2 aliphatic rings. The van der Waals surface area contributed by atoms with Crippen molar-refractivity contribution in [3.05, 3.63) is 58.5 Å². The number of ketones is 1. The molecule has 0 aliphatic heterocycles. The summed E-state index contributed by atoms with van der Waals surface area (Å²) in [5, 5.41) is 4.73. The Morgan fingerprint density at radius 2 is 1.86 bits per heavy atom. The van der Waals surface area contributed by atoms with Gasteiger partial charge in [0.05, 0.1) is 0 Å². The van der Waals surface area contributed by atoms with Gasteiger partial charge in [-0.25, -0.2) is 0 Å². The minimum Gasteiger partial charge on any atom is -0.289 e. The van der Waals surface area contributed by atoms with Crippen LogP contribution in [-0.4, -0.2) is 5.78 Å². The maximum atomic E-state index is 12.6. The molecule has 0 heterocycles. The van der Waals surface area contributed by atoms with Gasteiger partial charge in [0.25, 0.3) is 0 Å². The number of benzene rings is 2. The second kappa shape index (κ2) is 4.17. The van der Waals surface area contributed by atoms with E-state index < -0.39 is 0 Å². The fourth-order valence-corrected chi connectivity index (χ4v) is 3.55. The lowest BCUT2D eigenvalue weighted by Crippen LogP contribution is -2.36. The molecule has 0 aromatic heterocycles. The highest BCUT2D eigenvalue weighted by atomic mass is 16.1. The molecule has 0 saturated heterocycles. The van der Waals surface area contributed by atoms with Gasteiger partial charge in [0.2, 0.25) is 0 Å². The summed E-state index contributed by atoms with van der Waals surface area (Å²) in [6.45, 7) is 4.42. The number of carbonyl (C=O) groups excluding carboxylic acids is 1. The first-order valence-corrected chi connectivity index (χ1v) is 7.55. The number of hydrogen-bond acceptors (Lipinski definition) is 1. The summed E-state index contributed by atoms with van der Waals surface area (Å²) in [4.78, 5) is 12.6. The summed E-state index contributed by atoms with van der Waals surface area (Å²) < 4.78 is 0. The van der Waals surface area contributed by atoms with E-state index in [4.69, 9.17) is 0 Å². The standard InChI is InChI=1S/C20H18O/c1-20(2)10-9-16-15-8-7-13-5-3-4-6-14(13)17(15)11-19(21)18(16)12-20/h3-8,11-12H,9-10H2,1-2H3. The Hall–Kier alpha value is -2.15.